The van der Waals surface area contributed by atoms with Crippen molar-refractivity contribution in [3.8, 4) is 5.75 Å². The fraction of sp³-hybridized carbons (Fsp3) is 0.333. The summed E-state index contributed by atoms with van der Waals surface area (Å²) in [6.45, 7) is 1.07. The maximum atomic E-state index is 13.4. The van der Waals surface area contributed by atoms with Gasteiger partial charge in [-0.1, -0.05) is 13.0 Å². The lowest BCUT2D eigenvalue weighted by Crippen LogP contribution is -2.50. The van der Waals surface area contributed by atoms with Crippen molar-refractivity contribution in [3.05, 3.63) is 48.8 Å². The van der Waals surface area contributed by atoms with Gasteiger partial charge in [-0.15, -0.1) is 0 Å². The topological polar surface area (TPSA) is 114 Å². The van der Waals surface area contributed by atoms with E-state index in [9.17, 15) is 17.2 Å². The Hall–Kier alpha value is -3.25. The van der Waals surface area contributed by atoms with E-state index in [0.29, 0.717) is 17.1 Å². The lowest BCUT2D eigenvalue weighted by Gasteiger charge is -2.34. The second-order valence-corrected chi connectivity index (χ2v) is 8.97. The molecule has 0 spiro atoms. The standard InChI is InChI=1S/C20H22F2N4O3S.CH2O2/c1-2-14-12-25(10-9-23-14)18-13-26(17-7-4-8-24-19(17)18)30(27,28)16-6-3-5-15(11-16)29-20(21)22;2-1-3/h3-8,11,13-14,20,23H,2,9-10,12H2,1H3;1H,(H,2,3). The van der Waals surface area contributed by atoms with Crippen LogP contribution >= 0.6 is 0 Å². The van der Waals surface area contributed by atoms with Crippen molar-refractivity contribution in [2.24, 2.45) is 0 Å². The molecule has 4 rings (SSSR count). The van der Waals surface area contributed by atoms with E-state index in [2.05, 4.69) is 26.9 Å². The minimum Gasteiger partial charge on any atom is -0.483 e. The van der Waals surface area contributed by atoms with Crippen molar-refractivity contribution in [2.45, 2.75) is 30.9 Å². The molecule has 1 atom stereocenters. The summed E-state index contributed by atoms with van der Waals surface area (Å²) < 4.78 is 57.4. The Morgan fingerprint density at radius 2 is 2.09 bits per heavy atom. The molecule has 12 heteroatoms. The Morgan fingerprint density at radius 1 is 1.33 bits per heavy atom. The Labute approximate surface area is 189 Å². The van der Waals surface area contributed by atoms with Crippen LogP contribution in [0.4, 0.5) is 14.5 Å². The normalized spacial score (nSPS) is 16.4. The number of carbonyl (C=O) groups is 1. The first-order chi connectivity index (χ1) is 15.8. The Bertz CT molecular complexity index is 1200. The van der Waals surface area contributed by atoms with Crippen molar-refractivity contribution in [3.63, 3.8) is 0 Å². The molecular weight excluding hydrogens is 458 g/mol. The largest absolute Gasteiger partial charge is 0.483 e. The van der Waals surface area contributed by atoms with Crippen LogP contribution in [0.2, 0.25) is 0 Å². The van der Waals surface area contributed by atoms with Crippen molar-refractivity contribution in [1.29, 1.82) is 0 Å². The number of hydrogen-bond acceptors (Lipinski definition) is 7. The Morgan fingerprint density at radius 3 is 2.79 bits per heavy atom. The predicted octanol–water partition coefficient (Wildman–Crippen LogP) is 2.76. The number of nitrogens with zero attached hydrogens (tertiary/aromatic N) is 3. The van der Waals surface area contributed by atoms with Gasteiger partial charge in [0, 0.05) is 44.1 Å². The minimum atomic E-state index is -4.05. The van der Waals surface area contributed by atoms with Gasteiger partial charge in [0.15, 0.2) is 0 Å². The summed E-state index contributed by atoms with van der Waals surface area (Å²) in [5, 5.41) is 10.3. The predicted molar refractivity (Wildman–Crippen MR) is 118 cm³/mol. The van der Waals surface area contributed by atoms with E-state index < -0.39 is 16.6 Å². The van der Waals surface area contributed by atoms with Crippen molar-refractivity contribution in [1.82, 2.24) is 14.3 Å². The highest BCUT2D eigenvalue weighted by Crippen LogP contribution is 2.32. The van der Waals surface area contributed by atoms with Crippen LogP contribution in [0, 0.1) is 0 Å². The monoisotopic (exact) mass is 482 g/mol. The molecule has 9 nitrogen and oxygen atoms in total. The van der Waals surface area contributed by atoms with Gasteiger partial charge in [0.2, 0.25) is 0 Å². The molecule has 3 heterocycles. The first-order valence-electron chi connectivity index (χ1n) is 10.1. The number of pyridine rings is 1. The van der Waals surface area contributed by atoms with Crippen LogP contribution in [-0.2, 0) is 14.8 Å². The van der Waals surface area contributed by atoms with E-state index in [0.717, 1.165) is 41.8 Å². The average molecular weight is 483 g/mol. The Kier molecular flexibility index (Phi) is 7.82. The van der Waals surface area contributed by atoms with E-state index in [1.807, 2.05) is 0 Å². The molecule has 1 fully saturated rings. The molecule has 0 bridgehead atoms. The number of halogens is 2. The zero-order valence-corrected chi connectivity index (χ0v) is 18.6. The molecule has 2 aromatic heterocycles. The molecule has 2 N–H and O–H groups in total. The van der Waals surface area contributed by atoms with Crippen LogP contribution < -0.4 is 15.0 Å². The molecule has 0 aliphatic carbocycles. The van der Waals surface area contributed by atoms with Crippen molar-refractivity contribution >= 4 is 33.2 Å². The number of benzene rings is 1. The zero-order chi connectivity index (χ0) is 24.0. The van der Waals surface area contributed by atoms with E-state index in [4.69, 9.17) is 9.90 Å². The number of carboxylic acid groups (broad SMARTS) is 1. The van der Waals surface area contributed by atoms with Gasteiger partial charge in [0.05, 0.1) is 16.1 Å². The van der Waals surface area contributed by atoms with Gasteiger partial charge < -0.3 is 20.1 Å². The maximum Gasteiger partial charge on any atom is 0.387 e. The molecule has 1 aliphatic heterocycles. The van der Waals surface area contributed by atoms with Gasteiger partial charge in [-0.25, -0.2) is 12.4 Å². The first kappa shape index (κ1) is 24.4. The summed E-state index contributed by atoms with van der Waals surface area (Å²) in [5.41, 5.74) is 1.74. The molecular formula is C21H24F2N4O5S. The smallest absolute Gasteiger partial charge is 0.387 e. The van der Waals surface area contributed by atoms with E-state index in [1.54, 1.807) is 24.5 Å². The van der Waals surface area contributed by atoms with Gasteiger partial charge in [-0.05, 0) is 30.7 Å². The van der Waals surface area contributed by atoms with Crippen molar-refractivity contribution < 1.29 is 31.8 Å². The lowest BCUT2D eigenvalue weighted by atomic mass is 10.1. The number of nitrogens with one attached hydrogen (secondary N) is 1. The molecule has 0 amide bonds. The summed E-state index contributed by atoms with van der Waals surface area (Å²) in [4.78, 5) is 14.8. The van der Waals surface area contributed by atoms with E-state index in [-0.39, 0.29) is 17.1 Å². The Balaban J connectivity index is 0.000000968. The van der Waals surface area contributed by atoms with Crippen LogP contribution in [0.15, 0.2) is 53.7 Å². The van der Waals surface area contributed by atoms with Crippen LogP contribution in [0.1, 0.15) is 13.3 Å². The molecule has 1 aliphatic rings. The molecule has 33 heavy (non-hydrogen) atoms. The number of anilines is 1. The van der Waals surface area contributed by atoms with E-state index >= 15 is 0 Å². The number of piperazine rings is 1. The summed E-state index contributed by atoms with van der Waals surface area (Å²) in [7, 11) is -4.05. The lowest BCUT2D eigenvalue weighted by molar-refractivity contribution is -0.122. The third-order valence-corrected chi connectivity index (χ3v) is 6.85. The number of alkyl halides is 2. The van der Waals surface area contributed by atoms with Crippen LogP contribution in [0.25, 0.3) is 11.0 Å². The van der Waals surface area contributed by atoms with Crippen LogP contribution in [0.3, 0.4) is 0 Å². The molecule has 0 saturated carbocycles. The summed E-state index contributed by atoms with van der Waals surface area (Å²) in [5.74, 6) is -0.214. The molecule has 1 saturated heterocycles. The number of rotatable bonds is 6. The van der Waals surface area contributed by atoms with Gasteiger partial charge in [-0.3, -0.25) is 9.78 Å². The fourth-order valence-electron chi connectivity index (χ4n) is 3.69. The molecule has 3 aromatic rings. The molecule has 1 unspecified atom stereocenters. The van der Waals surface area contributed by atoms with Crippen LogP contribution in [-0.4, -0.2) is 61.2 Å². The van der Waals surface area contributed by atoms with Crippen LogP contribution in [0.5, 0.6) is 5.75 Å². The highest BCUT2D eigenvalue weighted by Gasteiger charge is 2.27. The third kappa shape index (κ3) is 5.40. The first-order valence-corrected chi connectivity index (χ1v) is 11.6. The highest BCUT2D eigenvalue weighted by molar-refractivity contribution is 7.90. The van der Waals surface area contributed by atoms with E-state index in [1.165, 1.54) is 18.2 Å². The van der Waals surface area contributed by atoms with Crippen molar-refractivity contribution in [2.75, 3.05) is 24.5 Å². The third-order valence-electron chi connectivity index (χ3n) is 5.18. The molecule has 0 radical (unpaired) electrons. The summed E-state index contributed by atoms with van der Waals surface area (Å²) >= 11 is 0. The number of ether oxygens (including phenoxy) is 1. The number of aromatic nitrogens is 2. The van der Waals surface area contributed by atoms with Gasteiger partial charge in [0.25, 0.3) is 16.5 Å². The zero-order valence-electron chi connectivity index (χ0n) is 17.8. The van der Waals surface area contributed by atoms with Gasteiger partial charge in [-0.2, -0.15) is 8.78 Å². The van der Waals surface area contributed by atoms with Gasteiger partial charge >= 0.3 is 6.61 Å². The summed E-state index contributed by atoms with van der Waals surface area (Å²) in [6.07, 6.45) is 4.14. The molecule has 1 aromatic carbocycles. The minimum absolute atomic E-state index is 0.139. The second kappa shape index (κ2) is 10.6. The maximum absolute atomic E-state index is 13.4. The summed E-state index contributed by atoms with van der Waals surface area (Å²) in [6, 6.07) is 8.77. The number of hydrogen-bond donors (Lipinski definition) is 2. The highest BCUT2D eigenvalue weighted by atomic mass is 32.2. The SMILES string of the molecule is CCC1CN(c2cn(S(=O)(=O)c3cccc(OC(F)F)c3)c3cccnc23)CCN1.O=CO. The van der Waals surface area contributed by atoms with Gasteiger partial charge in [0.1, 0.15) is 11.3 Å². The number of fused-ring (bicyclic) bond motifs is 1. The second-order valence-electron chi connectivity index (χ2n) is 7.15. The fourth-order valence-corrected chi connectivity index (χ4v) is 5.07. The quantitative estimate of drug-likeness (QED) is 0.516. The average Bonchev–Trinajstić information content (AvgIpc) is 3.20. The molecule has 178 valence electrons.